The summed E-state index contributed by atoms with van der Waals surface area (Å²) in [6, 6.07) is 6.83. The molecule has 0 radical (unpaired) electrons. The van der Waals surface area contributed by atoms with Crippen LogP contribution in [0.1, 0.15) is 44.7 Å². The Morgan fingerprint density at radius 2 is 2.17 bits per heavy atom. The minimum absolute atomic E-state index is 0. The normalized spacial score (nSPS) is 38.1. The summed E-state index contributed by atoms with van der Waals surface area (Å²) in [6.45, 7) is 2.07. The van der Waals surface area contributed by atoms with Crippen molar-refractivity contribution in [3.63, 3.8) is 0 Å². The molecule has 3 aliphatic rings. The summed E-state index contributed by atoms with van der Waals surface area (Å²) in [6.07, 6.45) is 12.4. The van der Waals surface area contributed by atoms with E-state index in [0.29, 0.717) is 23.7 Å². The zero-order valence-corrected chi connectivity index (χ0v) is 17.0. The molecule has 3 nitrogen and oxygen atoms in total. The van der Waals surface area contributed by atoms with Crippen LogP contribution in [0.5, 0.6) is 0 Å². The molecule has 0 amide bonds. The minimum atomic E-state index is 0. The first kappa shape index (κ1) is 17.9. The van der Waals surface area contributed by atoms with Crippen molar-refractivity contribution in [2.75, 3.05) is 0 Å². The van der Waals surface area contributed by atoms with Crippen LogP contribution in [0.2, 0.25) is 0 Å². The van der Waals surface area contributed by atoms with Gasteiger partial charge in [-0.3, -0.25) is 9.78 Å². The SMILES string of the molecule is C[C@H]1OC(=O)[C@@H]2C[C@@H]3CCCC[C@H]3C(/C=C/c3cc[c-]cn3)[C@H]12.[W]. The van der Waals surface area contributed by atoms with Crippen molar-refractivity contribution in [3.8, 4) is 0 Å². The van der Waals surface area contributed by atoms with Crippen molar-refractivity contribution in [1.82, 2.24) is 4.98 Å². The number of hydrogen-bond acceptors (Lipinski definition) is 3. The van der Waals surface area contributed by atoms with Crippen LogP contribution in [0, 0.1) is 35.7 Å². The Balaban J connectivity index is 0.00000169. The van der Waals surface area contributed by atoms with Crippen LogP contribution in [0.3, 0.4) is 0 Å². The van der Waals surface area contributed by atoms with E-state index in [-0.39, 0.29) is 39.1 Å². The molecule has 0 spiro atoms. The maximum atomic E-state index is 12.3. The number of allylic oxidation sites excluding steroid dienone is 1. The van der Waals surface area contributed by atoms with Gasteiger partial charge in [0.2, 0.25) is 0 Å². The van der Waals surface area contributed by atoms with Gasteiger partial charge >= 0.3 is 5.97 Å². The number of pyridine rings is 1. The van der Waals surface area contributed by atoms with Gasteiger partial charge in [0.25, 0.3) is 0 Å². The number of fused-ring (bicyclic) bond motifs is 2. The summed E-state index contributed by atoms with van der Waals surface area (Å²) in [5.74, 6) is 2.32. The topological polar surface area (TPSA) is 39.2 Å². The van der Waals surface area contributed by atoms with Crippen LogP contribution >= 0.6 is 0 Å². The van der Waals surface area contributed by atoms with Crippen LogP contribution in [0.25, 0.3) is 6.08 Å². The summed E-state index contributed by atoms with van der Waals surface area (Å²) < 4.78 is 5.60. The van der Waals surface area contributed by atoms with Gasteiger partial charge < -0.3 is 4.74 Å². The monoisotopic (exact) mass is 494 g/mol. The van der Waals surface area contributed by atoms with Gasteiger partial charge in [-0.25, -0.2) is 12.1 Å². The third-order valence-corrected chi connectivity index (χ3v) is 6.20. The van der Waals surface area contributed by atoms with Gasteiger partial charge in [0.05, 0.1) is 5.92 Å². The third kappa shape index (κ3) is 3.25. The average Bonchev–Trinajstić information content (AvgIpc) is 2.87. The van der Waals surface area contributed by atoms with E-state index < -0.39 is 0 Å². The minimum Gasteiger partial charge on any atom is -0.462 e. The van der Waals surface area contributed by atoms with Crippen LogP contribution in [-0.2, 0) is 30.6 Å². The van der Waals surface area contributed by atoms with Gasteiger partial charge in [-0.2, -0.15) is 6.07 Å². The largest absolute Gasteiger partial charge is 0.462 e. The van der Waals surface area contributed by atoms with Gasteiger partial charge in [0, 0.05) is 27.0 Å². The van der Waals surface area contributed by atoms with Crippen molar-refractivity contribution in [3.05, 3.63) is 36.2 Å². The summed E-state index contributed by atoms with van der Waals surface area (Å²) in [5.41, 5.74) is 0.969. The van der Waals surface area contributed by atoms with E-state index in [0.717, 1.165) is 12.1 Å². The molecule has 0 N–H and O–H groups in total. The molecule has 128 valence electrons. The van der Waals surface area contributed by atoms with E-state index in [1.165, 1.54) is 25.7 Å². The van der Waals surface area contributed by atoms with E-state index in [9.17, 15) is 4.79 Å². The van der Waals surface area contributed by atoms with E-state index >= 15 is 0 Å². The summed E-state index contributed by atoms with van der Waals surface area (Å²) in [4.78, 5) is 16.6. The van der Waals surface area contributed by atoms with E-state index in [4.69, 9.17) is 4.74 Å². The Kier molecular flexibility index (Phi) is 5.59. The molecule has 24 heavy (non-hydrogen) atoms. The van der Waals surface area contributed by atoms with Crippen LogP contribution in [0.15, 0.2) is 24.4 Å². The van der Waals surface area contributed by atoms with Crippen LogP contribution < -0.4 is 0 Å². The predicted octanol–water partition coefficient (Wildman–Crippen LogP) is 3.90. The van der Waals surface area contributed by atoms with Crippen molar-refractivity contribution in [1.29, 1.82) is 0 Å². The second-order valence-corrected chi connectivity index (χ2v) is 7.39. The Hall–Kier alpha value is -0.952. The zero-order valence-electron chi connectivity index (χ0n) is 14.1. The number of ether oxygens (including phenoxy) is 1. The molecule has 1 aromatic heterocycles. The van der Waals surface area contributed by atoms with Crippen molar-refractivity contribution < 1.29 is 30.6 Å². The molecule has 2 saturated carbocycles. The fourth-order valence-electron chi connectivity index (χ4n) is 5.23. The molecule has 1 aliphatic heterocycles. The number of rotatable bonds is 2. The molecule has 2 aliphatic carbocycles. The number of aromatic nitrogens is 1. The number of carbonyl (C=O) groups excluding carboxylic acids is 1. The van der Waals surface area contributed by atoms with Gasteiger partial charge in [0.1, 0.15) is 6.10 Å². The van der Waals surface area contributed by atoms with Crippen molar-refractivity contribution in [2.45, 2.75) is 45.1 Å². The summed E-state index contributed by atoms with van der Waals surface area (Å²) >= 11 is 0. The van der Waals surface area contributed by atoms with Gasteiger partial charge in [-0.1, -0.05) is 37.6 Å². The molecule has 0 aromatic carbocycles. The van der Waals surface area contributed by atoms with Gasteiger partial charge in [0.15, 0.2) is 0 Å². The number of hydrogen-bond donors (Lipinski definition) is 0. The van der Waals surface area contributed by atoms with E-state index in [2.05, 4.69) is 30.1 Å². The standard InChI is InChI=1S/C20H24NO2.W/c1-13-19-17(10-9-15-7-4-5-11-21-15)16-8-3-2-6-14(16)12-18(19)20(22)23-13;/h4,7,9-11,13-14,16-19H,2-3,6,8,12H2,1H3;/q-1;/b10-9+;/t13-,14+,16-,17?,18-,19+;/m1./s1. The molecule has 6 atom stereocenters. The maximum absolute atomic E-state index is 12.3. The number of nitrogens with zero attached hydrogens (tertiary/aromatic N) is 1. The first-order chi connectivity index (χ1) is 11.2. The third-order valence-electron chi connectivity index (χ3n) is 6.20. The molecule has 3 fully saturated rings. The maximum Gasteiger partial charge on any atom is 0.309 e. The Morgan fingerprint density at radius 3 is 2.96 bits per heavy atom. The molecular weight excluding hydrogens is 470 g/mol. The molecule has 2 heterocycles. The van der Waals surface area contributed by atoms with Gasteiger partial charge in [-0.15, -0.1) is 0 Å². The Bertz CT molecular complexity index is 603. The summed E-state index contributed by atoms with van der Waals surface area (Å²) in [5, 5.41) is 0. The summed E-state index contributed by atoms with van der Waals surface area (Å²) in [7, 11) is 0. The van der Waals surface area contributed by atoms with Crippen molar-refractivity contribution >= 4 is 12.0 Å². The van der Waals surface area contributed by atoms with Crippen molar-refractivity contribution in [2.24, 2.45) is 29.6 Å². The van der Waals surface area contributed by atoms with Crippen LogP contribution in [-0.4, -0.2) is 17.1 Å². The predicted molar refractivity (Wildman–Crippen MR) is 88.2 cm³/mol. The second-order valence-electron chi connectivity index (χ2n) is 7.39. The zero-order chi connectivity index (χ0) is 15.8. The Labute approximate surface area is 158 Å². The first-order valence-electron chi connectivity index (χ1n) is 8.95. The second kappa shape index (κ2) is 7.52. The quantitative estimate of drug-likeness (QED) is 0.463. The number of cyclic esters (lactones) is 1. The van der Waals surface area contributed by atoms with E-state index in [1.54, 1.807) is 6.20 Å². The van der Waals surface area contributed by atoms with E-state index in [1.807, 2.05) is 12.1 Å². The average molecular weight is 494 g/mol. The molecule has 1 aromatic rings. The number of esters is 1. The molecule has 4 rings (SSSR count). The molecule has 1 unspecified atom stereocenters. The van der Waals surface area contributed by atoms with Crippen LogP contribution in [0.4, 0.5) is 0 Å². The fourth-order valence-corrected chi connectivity index (χ4v) is 5.23. The fraction of sp³-hybridized carbons (Fsp3) is 0.600. The first-order valence-corrected chi connectivity index (χ1v) is 8.95. The smallest absolute Gasteiger partial charge is 0.309 e. The molecule has 4 heteroatoms. The van der Waals surface area contributed by atoms with Gasteiger partial charge in [-0.05, 0) is 43.2 Å². The molecule has 0 bridgehead atoms. The molecule has 1 saturated heterocycles. The Morgan fingerprint density at radius 1 is 1.33 bits per heavy atom. The number of carbonyl (C=O) groups is 1. The molecular formula is C20H24NO2W-.